The fourth-order valence-electron chi connectivity index (χ4n) is 3.36. The van der Waals surface area contributed by atoms with Crippen LogP contribution in [0.25, 0.3) is 0 Å². The molecule has 2 aromatic carbocycles. The Balaban J connectivity index is 2.00. The molecule has 0 radical (unpaired) electrons. The van der Waals surface area contributed by atoms with Crippen LogP contribution in [0.3, 0.4) is 0 Å². The van der Waals surface area contributed by atoms with Gasteiger partial charge in [0.05, 0.1) is 12.0 Å². The first-order valence-corrected chi connectivity index (χ1v) is 10.9. The van der Waals surface area contributed by atoms with E-state index < -0.39 is 14.9 Å². The molecule has 0 aliphatic carbocycles. The molecule has 1 saturated heterocycles. The third-order valence-corrected chi connectivity index (χ3v) is 6.90. The van der Waals surface area contributed by atoms with Crippen molar-refractivity contribution in [1.82, 2.24) is 4.31 Å². The van der Waals surface area contributed by atoms with Crippen LogP contribution in [0.5, 0.6) is 5.75 Å². The van der Waals surface area contributed by atoms with Crippen molar-refractivity contribution >= 4 is 32.9 Å². The van der Waals surface area contributed by atoms with Gasteiger partial charge < -0.3 is 10.1 Å². The number of ether oxygens (including phenoxy) is 1. The van der Waals surface area contributed by atoms with Crippen LogP contribution in [0, 0.1) is 10.1 Å². The third-order valence-electron chi connectivity index (χ3n) is 4.98. The van der Waals surface area contributed by atoms with E-state index in [0.717, 1.165) is 19.3 Å². The molecule has 0 unspecified atom stereocenters. The molecule has 0 bridgehead atoms. The molecule has 0 spiro atoms. The van der Waals surface area contributed by atoms with E-state index in [1.54, 1.807) is 6.07 Å². The van der Waals surface area contributed by atoms with Crippen LogP contribution in [0.15, 0.2) is 41.3 Å². The van der Waals surface area contributed by atoms with Crippen LogP contribution < -0.4 is 10.1 Å². The van der Waals surface area contributed by atoms with Crippen molar-refractivity contribution in [2.75, 3.05) is 25.5 Å². The molecule has 0 amide bonds. The number of Topliss-reactive ketones (excluding diaryl/α,β-unsaturated/α-hetero) is 1. The van der Waals surface area contributed by atoms with Crippen molar-refractivity contribution in [3.63, 3.8) is 0 Å². The second-order valence-corrected chi connectivity index (χ2v) is 8.91. The average molecular weight is 433 g/mol. The Kier molecular flexibility index (Phi) is 6.37. The fourth-order valence-corrected chi connectivity index (χ4v) is 5.06. The highest BCUT2D eigenvalue weighted by Gasteiger charge is 2.29. The molecule has 1 fully saturated rings. The lowest BCUT2D eigenvalue weighted by atomic mass is 10.1. The molecule has 1 heterocycles. The maximum Gasteiger partial charge on any atom is 0.293 e. The number of anilines is 2. The number of carbonyl (C=O) groups excluding carboxylic acids is 1. The van der Waals surface area contributed by atoms with Crippen LogP contribution in [0.4, 0.5) is 17.1 Å². The number of nitro benzene ring substituents is 1. The number of sulfonamides is 1. The van der Waals surface area contributed by atoms with Crippen LogP contribution in [-0.2, 0) is 10.0 Å². The normalized spacial score (nSPS) is 14.9. The number of nitrogens with zero attached hydrogens (tertiary/aromatic N) is 2. The van der Waals surface area contributed by atoms with Crippen molar-refractivity contribution in [2.24, 2.45) is 0 Å². The molecule has 30 heavy (non-hydrogen) atoms. The van der Waals surface area contributed by atoms with Crippen LogP contribution in [0.2, 0.25) is 0 Å². The van der Waals surface area contributed by atoms with Crippen molar-refractivity contribution in [3.05, 3.63) is 52.1 Å². The minimum Gasteiger partial charge on any atom is -0.495 e. The number of methoxy groups -OCH3 is 1. The summed E-state index contributed by atoms with van der Waals surface area (Å²) in [6, 6.07) is 8.60. The number of nitrogens with one attached hydrogen (secondary N) is 1. The molecule has 3 rings (SSSR count). The zero-order valence-electron chi connectivity index (χ0n) is 16.8. The summed E-state index contributed by atoms with van der Waals surface area (Å²) in [5.41, 5.74) is 0.441. The number of rotatable bonds is 7. The van der Waals surface area contributed by atoms with Gasteiger partial charge in [-0.1, -0.05) is 6.42 Å². The van der Waals surface area contributed by atoms with Crippen LogP contribution in [-0.4, -0.2) is 43.6 Å². The first kappa shape index (κ1) is 21.7. The van der Waals surface area contributed by atoms with Gasteiger partial charge in [0.25, 0.3) is 5.69 Å². The minimum absolute atomic E-state index is 0.0000841. The second-order valence-electron chi connectivity index (χ2n) is 7.00. The summed E-state index contributed by atoms with van der Waals surface area (Å²) in [4.78, 5) is 22.4. The fraction of sp³-hybridized carbons (Fsp3) is 0.350. The van der Waals surface area contributed by atoms with Crippen molar-refractivity contribution < 1.29 is 22.9 Å². The largest absolute Gasteiger partial charge is 0.495 e. The Morgan fingerprint density at radius 3 is 2.43 bits per heavy atom. The molecular weight excluding hydrogens is 410 g/mol. The average Bonchev–Trinajstić information content (AvgIpc) is 2.74. The molecule has 1 aliphatic rings. The van der Waals surface area contributed by atoms with E-state index in [1.165, 1.54) is 48.7 Å². The molecule has 0 aromatic heterocycles. The van der Waals surface area contributed by atoms with Crippen molar-refractivity contribution in [1.29, 1.82) is 0 Å². The van der Waals surface area contributed by atoms with Gasteiger partial charge in [-0.2, -0.15) is 4.31 Å². The molecule has 2 aromatic rings. The Bertz CT molecular complexity index is 1080. The summed E-state index contributed by atoms with van der Waals surface area (Å²) in [5, 5.41) is 14.3. The molecule has 160 valence electrons. The molecular formula is C20H23N3O6S. The van der Waals surface area contributed by atoms with E-state index in [1.807, 2.05) is 0 Å². The number of piperidine rings is 1. The molecule has 10 heteroatoms. The standard InChI is InChI=1S/C20H23N3O6S/c1-14(24)15-6-8-17(18(12-15)23(25)26)21-16-7-9-19(29-2)20(13-16)30(27,28)22-10-4-3-5-11-22/h6-9,12-13,21H,3-5,10-11H2,1-2H3. The van der Waals surface area contributed by atoms with Gasteiger partial charge in [0.15, 0.2) is 5.78 Å². The summed E-state index contributed by atoms with van der Waals surface area (Å²) in [7, 11) is -2.38. The van der Waals surface area contributed by atoms with Gasteiger partial charge in [0.1, 0.15) is 16.3 Å². The van der Waals surface area contributed by atoms with Crippen LogP contribution in [0.1, 0.15) is 36.5 Å². The number of ketones is 1. The number of carbonyl (C=O) groups is 1. The summed E-state index contributed by atoms with van der Waals surface area (Å²) < 4.78 is 33.0. The Hall–Kier alpha value is -2.98. The van der Waals surface area contributed by atoms with Gasteiger partial charge in [-0.05, 0) is 50.1 Å². The van der Waals surface area contributed by atoms with Gasteiger partial charge in [0.2, 0.25) is 10.0 Å². The summed E-state index contributed by atoms with van der Waals surface area (Å²) in [6.45, 7) is 2.22. The first-order valence-electron chi connectivity index (χ1n) is 9.48. The Morgan fingerprint density at radius 1 is 1.13 bits per heavy atom. The van der Waals surface area contributed by atoms with Gasteiger partial charge in [-0.3, -0.25) is 14.9 Å². The monoisotopic (exact) mass is 433 g/mol. The van der Waals surface area contributed by atoms with Crippen LogP contribution >= 0.6 is 0 Å². The lowest BCUT2D eigenvalue weighted by Gasteiger charge is -2.26. The number of nitro groups is 1. The quantitative estimate of drug-likeness (QED) is 0.401. The maximum atomic E-state index is 13.1. The first-order chi connectivity index (χ1) is 14.2. The molecule has 0 saturated carbocycles. The topological polar surface area (TPSA) is 119 Å². The highest BCUT2D eigenvalue weighted by atomic mass is 32.2. The lowest BCUT2D eigenvalue weighted by molar-refractivity contribution is -0.383. The molecule has 9 nitrogen and oxygen atoms in total. The summed E-state index contributed by atoms with van der Waals surface area (Å²) >= 11 is 0. The van der Waals surface area contributed by atoms with E-state index in [4.69, 9.17) is 4.74 Å². The Labute approximate surface area is 174 Å². The van der Waals surface area contributed by atoms with E-state index in [0.29, 0.717) is 18.8 Å². The number of hydrogen-bond donors (Lipinski definition) is 1. The summed E-state index contributed by atoms with van der Waals surface area (Å²) in [5.74, 6) is -0.0865. The smallest absolute Gasteiger partial charge is 0.293 e. The Morgan fingerprint density at radius 2 is 1.83 bits per heavy atom. The predicted octanol–water partition coefficient (Wildman–Crippen LogP) is 3.72. The third kappa shape index (κ3) is 4.44. The van der Waals surface area contributed by atoms with Gasteiger partial charge in [-0.15, -0.1) is 0 Å². The molecule has 1 N–H and O–H groups in total. The summed E-state index contributed by atoms with van der Waals surface area (Å²) in [6.07, 6.45) is 2.59. The number of benzene rings is 2. The van der Waals surface area contributed by atoms with E-state index >= 15 is 0 Å². The highest BCUT2D eigenvalue weighted by Crippen LogP contribution is 2.34. The molecule has 0 atom stereocenters. The SMILES string of the molecule is COc1ccc(Nc2ccc(C(C)=O)cc2[N+](=O)[O-])cc1S(=O)(=O)N1CCCCC1. The van der Waals surface area contributed by atoms with E-state index in [9.17, 15) is 23.3 Å². The molecule has 1 aliphatic heterocycles. The maximum absolute atomic E-state index is 13.1. The highest BCUT2D eigenvalue weighted by molar-refractivity contribution is 7.89. The van der Waals surface area contributed by atoms with Crippen molar-refractivity contribution in [2.45, 2.75) is 31.1 Å². The predicted molar refractivity (Wildman–Crippen MR) is 112 cm³/mol. The lowest BCUT2D eigenvalue weighted by Crippen LogP contribution is -2.35. The van der Waals surface area contributed by atoms with Gasteiger partial charge in [0, 0.05) is 30.4 Å². The van der Waals surface area contributed by atoms with Gasteiger partial charge in [-0.25, -0.2) is 8.42 Å². The van der Waals surface area contributed by atoms with Crippen molar-refractivity contribution in [3.8, 4) is 5.75 Å². The second kappa shape index (κ2) is 8.80. The zero-order chi connectivity index (χ0) is 21.9. The zero-order valence-corrected chi connectivity index (χ0v) is 17.6. The number of hydrogen-bond acceptors (Lipinski definition) is 7. The van der Waals surface area contributed by atoms with Gasteiger partial charge >= 0.3 is 0 Å². The van der Waals surface area contributed by atoms with E-state index in [2.05, 4.69) is 5.32 Å². The minimum atomic E-state index is -3.77. The van der Waals surface area contributed by atoms with E-state index in [-0.39, 0.29) is 33.4 Å².